The number of nitrogens with zero attached hydrogens (tertiary/aromatic N) is 1. The first-order valence-corrected chi connectivity index (χ1v) is 9.30. The van der Waals surface area contributed by atoms with E-state index in [4.69, 9.17) is 12.2 Å². The van der Waals surface area contributed by atoms with Crippen LogP contribution in [0.5, 0.6) is 0 Å². The number of nitrogens with one attached hydrogen (secondary N) is 2. The standard InChI is InChI=1S/C19H29N3S/c1-3-4-14-20-19(23)22-21-15(2)16-10-12-18(13-11-16)17-8-6-5-7-9-17/h10-13,17H,3-9,14H2,1-2H3,(H2,20,22,23)/b21-15+. The van der Waals surface area contributed by atoms with Crippen LogP contribution in [0, 0.1) is 0 Å². The van der Waals surface area contributed by atoms with Crippen LogP contribution in [0.15, 0.2) is 29.4 Å². The molecule has 1 aromatic carbocycles. The first kappa shape index (κ1) is 17.9. The molecule has 1 fully saturated rings. The van der Waals surface area contributed by atoms with Gasteiger partial charge in [0.25, 0.3) is 0 Å². The minimum Gasteiger partial charge on any atom is -0.361 e. The predicted octanol–water partition coefficient (Wildman–Crippen LogP) is 4.72. The molecule has 23 heavy (non-hydrogen) atoms. The van der Waals surface area contributed by atoms with Crippen molar-refractivity contribution in [1.82, 2.24) is 10.7 Å². The van der Waals surface area contributed by atoms with Crippen LogP contribution >= 0.6 is 12.2 Å². The lowest BCUT2D eigenvalue weighted by molar-refractivity contribution is 0.443. The van der Waals surface area contributed by atoms with Gasteiger partial charge in [0.2, 0.25) is 0 Å². The van der Waals surface area contributed by atoms with Crippen LogP contribution in [0.2, 0.25) is 0 Å². The Bertz CT molecular complexity index is 516. The molecular formula is C19H29N3S. The lowest BCUT2D eigenvalue weighted by Gasteiger charge is -2.22. The van der Waals surface area contributed by atoms with Gasteiger partial charge in [0.05, 0.1) is 5.71 Å². The van der Waals surface area contributed by atoms with E-state index in [0.717, 1.165) is 36.6 Å². The van der Waals surface area contributed by atoms with Gasteiger partial charge in [-0.1, -0.05) is 56.9 Å². The fourth-order valence-corrected chi connectivity index (χ4v) is 3.20. The third-order valence-corrected chi connectivity index (χ3v) is 4.78. The van der Waals surface area contributed by atoms with E-state index in [9.17, 15) is 0 Å². The van der Waals surface area contributed by atoms with Crippen LogP contribution in [0.25, 0.3) is 0 Å². The van der Waals surface area contributed by atoms with Crippen LogP contribution in [0.1, 0.15) is 75.8 Å². The smallest absolute Gasteiger partial charge is 0.186 e. The molecule has 126 valence electrons. The van der Waals surface area contributed by atoms with Crippen LogP contribution < -0.4 is 10.7 Å². The number of hydrazone groups is 1. The number of unbranched alkanes of at least 4 members (excludes halogenated alkanes) is 1. The van der Waals surface area contributed by atoms with Gasteiger partial charge >= 0.3 is 0 Å². The molecule has 1 aromatic rings. The summed E-state index contributed by atoms with van der Waals surface area (Å²) in [4.78, 5) is 0. The van der Waals surface area contributed by atoms with Gasteiger partial charge in [0.1, 0.15) is 0 Å². The number of rotatable bonds is 6. The van der Waals surface area contributed by atoms with Crippen LogP contribution in [0.3, 0.4) is 0 Å². The van der Waals surface area contributed by atoms with Crippen molar-refractivity contribution in [2.75, 3.05) is 6.54 Å². The van der Waals surface area contributed by atoms with Gasteiger partial charge in [-0.3, -0.25) is 5.43 Å². The van der Waals surface area contributed by atoms with Crippen molar-refractivity contribution >= 4 is 23.0 Å². The molecule has 0 bridgehead atoms. The summed E-state index contributed by atoms with van der Waals surface area (Å²) in [6.07, 6.45) is 9.10. The Kier molecular flexibility index (Phi) is 7.53. The quantitative estimate of drug-likeness (QED) is 0.343. The Morgan fingerprint density at radius 3 is 2.52 bits per heavy atom. The van der Waals surface area contributed by atoms with Gasteiger partial charge in [-0.25, -0.2) is 0 Å². The molecule has 0 aromatic heterocycles. The molecule has 1 aliphatic rings. The number of benzene rings is 1. The molecular weight excluding hydrogens is 302 g/mol. The number of hydrogen-bond donors (Lipinski definition) is 2. The molecule has 0 saturated heterocycles. The van der Waals surface area contributed by atoms with Crippen molar-refractivity contribution in [2.24, 2.45) is 5.10 Å². The minimum atomic E-state index is 0.594. The fraction of sp³-hybridized carbons (Fsp3) is 0.579. The van der Waals surface area contributed by atoms with E-state index >= 15 is 0 Å². The first-order valence-electron chi connectivity index (χ1n) is 8.89. The van der Waals surface area contributed by atoms with Crippen LogP contribution in [-0.2, 0) is 0 Å². The maximum atomic E-state index is 5.21. The molecule has 0 unspecified atom stereocenters. The van der Waals surface area contributed by atoms with Crippen molar-refractivity contribution in [1.29, 1.82) is 0 Å². The molecule has 1 saturated carbocycles. The maximum absolute atomic E-state index is 5.21. The van der Waals surface area contributed by atoms with Crippen LogP contribution in [0.4, 0.5) is 0 Å². The summed E-state index contributed by atoms with van der Waals surface area (Å²) < 4.78 is 0. The molecule has 4 heteroatoms. The average Bonchev–Trinajstić information content (AvgIpc) is 2.61. The van der Waals surface area contributed by atoms with Gasteiger partial charge in [0, 0.05) is 6.54 Å². The lowest BCUT2D eigenvalue weighted by atomic mass is 9.84. The normalized spacial score (nSPS) is 16.2. The Morgan fingerprint density at radius 2 is 1.87 bits per heavy atom. The van der Waals surface area contributed by atoms with Crippen molar-refractivity contribution < 1.29 is 0 Å². The zero-order valence-corrected chi connectivity index (χ0v) is 15.2. The van der Waals surface area contributed by atoms with E-state index in [1.807, 2.05) is 6.92 Å². The third-order valence-electron chi connectivity index (χ3n) is 4.55. The molecule has 2 rings (SSSR count). The van der Waals surface area contributed by atoms with Gasteiger partial charge < -0.3 is 5.32 Å². The molecule has 0 radical (unpaired) electrons. The van der Waals surface area contributed by atoms with E-state index in [-0.39, 0.29) is 0 Å². The number of hydrogen-bond acceptors (Lipinski definition) is 2. The Labute approximate surface area is 145 Å². The largest absolute Gasteiger partial charge is 0.361 e. The van der Waals surface area contributed by atoms with Gasteiger partial charge in [-0.15, -0.1) is 0 Å². The van der Waals surface area contributed by atoms with E-state index in [2.05, 4.69) is 47.0 Å². The van der Waals surface area contributed by atoms with E-state index in [1.165, 1.54) is 37.7 Å². The van der Waals surface area contributed by atoms with E-state index in [0.29, 0.717) is 5.11 Å². The Hall–Kier alpha value is -1.42. The topological polar surface area (TPSA) is 36.4 Å². The molecule has 0 amide bonds. The molecule has 0 atom stereocenters. The second-order valence-corrected chi connectivity index (χ2v) is 6.78. The summed E-state index contributed by atoms with van der Waals surface area (Å²) in [6.45, 7) is 5.07. The SMILES string of the molecule is CCCCNC(=S)N/N=C(\C)c1ccc(C2CCCCC2)cc1. The second kappa shape index (κ2) is 9.66. The summed E-state index contributed by atoms with van der Waals surface area (Å²) in [5.74, 6) is 0.753. The summed E-state index contributed by atoms with van der Waals surface area (Å²) >= 11 is 5.21. The summed E-state index contributed by atoms with van der Waals surface area (Å²) in [5, 5.41) is 8.13. The first-order chi connectivity index (χ1) is 11.2. The van der Waals surface area contributed by atoms with Crippen molar-refractivity contribution in [3.05, 3.63) is 35.4 Å². The van der Waals surface area contributed by atoms with E-state index in [1.54, 1.807) is 0 Å². The summed E-state index contributed by atoms with van der Waals surface area (Å²) in [7, 11) is 0. The zero-order valence-electron chi connectivity index (χ0n) is 14.4. The lowest BCUT2D eigenvalue weighted by Crippen LogP contribution is -2.33. The zero-order chi connectivity index (χ0) is 16.5. The molecule has 1 aliphatic carbocycles. The molecule has 0 aliphatic heterocycles. The van der Waals surface area contributed by atoms with Crippen molar-refractivity contribution in [3.8, 4) is 0 Å². The van der Waals surface area contributed by atoms with Crippen molar-refractivity contribution in [3.63, 3.8) is 0 Å². The van der Waals surface area contributed by atoms with Crippen LogP contribution in [-0.4, -0.2) is 17.4 Å². The highest BCUT2D eigenvalue weighted by Crippen LogP contribution is 2.32. The summed E-state index contributed by atoms with van der Waals surface area (Å²) in [5.41, 5.74) is 6.51. The minimum absolute atomic E-state index is 0.594. The third kappa shape index (κ3) is 5.94. The second-order valence-electron chi connectivity index (χ2n) is 6.38. The summed E-state index contributed by atoms with van der Waals surface area (Å²) in [6, 6.07) is 8.89. The predicted molar refractivity (Wildman–Crippen MR) is 103 cm³/mol. The van der Waals surface area contributed by atoms with Gasteiger partial charge in [-0.2, -0.15) is 5.10 Å². The van der Waals surface area contributed by atoms with Gasteiger partial charge in [0.15, 0.2) is 5.11 Å². The fourth-order valence-electron chi connectivity index (χ4n) is 3.05. The average molecular weight is 332 g/mol. The van der Waals surface area contributed by atoms with Gasteiger partial charge in [-0.05, 0) is 55.4 Å². The highest BCUT2D eigenvalue weighted by Gasteiger charge is 2.15. The maximum Gasteiger partial charge on any atom is 0.186 e. The highest BCUT2D eigenvalue weighted by atomic mass is 32.1. The highest BCUT2D eigenvalue weighted by molar-refractivity contribution is 7.80. The molecule has 2 N–H and O–H groups in total. The monoisotopic (exact) mass is 331 g/mol. The number of thiocarbonyl (C=S) groups is 1. The molecule has 3 nitrogen and oxygen atoms in total. The van der Waals surface area contributed by atoms with E-state index < -0.39 is 0 Å². The van der Waals surface area contributed by atoms with Crippen molar-refractivity contribution in [2.45, 2.75) is 64.7 Å². The molecule has 0 heterocycles. The Morgan fingerprint density at radius 1 is 1.17 bits per heavy atom. The Balaban J connectivity index is 1.87. The molecule has 0 spiro atoms.